The molecule has 3 rings (SSSR count). The molecule has 12 heteroatoms. The maximum atomic E-state index is 12.2. The van der Waals surface area contributed by atoms with Gasteiger partial charge in [0.2, 0.25) is 5.89 Å². The van der Waals surface area contributed by atoms with Gasteiger partial charge in [-0.2, -0.15) is 0 Å². The van der Waals surface area contributed by atoms with E-state index in [4.69, 9.17) is 9.15 Å². The number of hydrogen-bond donors (Lipinski definition) is 0. The van der Waals surface area contributed by atoms with Gasteiger partial charge in [0.1, 0.15) is 17.9 Å². The number of alkyl halides is 3. The molecule has 0 unspecified atom stereocenters. The molecular formula is C19H13F3N2O7. The minimum Gasteiger partial charge on any atom is -0.479 e. The Labute approximate surface area is 172 Å². The van der Waals surface area contributed by atoms with Crippen LogP contribution in [0.25, 0.3) is 11.5 Å². The van der Waals surface area contributed by atoms with Gasteiger partial charge in [-0.05, 0) is 36.4 Å². The van der Waals surface area contributed by atoms with Crippen molar-refractivity contribution in [1.29, 1.82) is 0 Å². The molecule has 0 fully saturated rings. The third-order valence-electron chi connectivity index (χ3n) is 3.85. The number of oxazole rings is 1. The van der Waals surface area contributed by atoms with E-state index in [1.54, 1.807) is 0 Å². The van der Waals surface area contributed by atoms with Crippen molar-refractivity contribution in [3.63, 3.8) is 0 Å². The fourth-order valence-corrected chi connectivity index (χ4v) is 2.56. The Hall–Kier alpha value is -4.09. The first-order chi connectivity index (χ1) is 14.7. The third-order valence-corrected chi connectivity index (χ3v) is 3.85. The lowest BCUT2D eigenvalue weighted by Gasteiger charge is -2.08. The highest BCUT2D eigenvalue weighted by atomic mass is 19.4. The monoisotopic (exact) mass is 438 g/mol. The number of carbonyl (C=O) groups is 1. The van der Waals surface area contributed by atoms with E-state index in [9.17, 15) is 28.1 Å². The van der Waals surface area contributed by atoms with E-state index >= 15 is 0 Å². The maximum Gasteiger partial charge on any atom is 0.573 e. The highest BCUT2D eigenvalue weighted by Gasteiger charge is 2.31. The maximum absolute atomic E-state index is 12.2. The summed E-state index contributed by atoms with van der Waals surface area (Å²) >= 11 is 0. The first-order valence-electron chi connectivity index (χ1n) is 8.47. The minimum atomic E-state index is -4.80. The van der Waals surface area contributed by atoms with Crippen molar-refractivity contribution >= 4 is 11.7 Å². The molecular weight excluding hydrogens is 425 g/mol. The first-order valence-corrected chi connectivity index (χ1v) is 8.47. The number of rotatable bonds is 7. The smallest absolute Gasteiger partial charge is 0.479 e. The lowest BCUT2D eigenvalue weighted by atomic mass is 10.1. The van der Waals surface area contributed by atoms with Crippen LogP contribution in [0.1, 0.15) is 16.1 Å². The number of benzene rings is 2. The number of carbonyl (C=O) groups excluding carboxylic acids is 1. The van der Waals surface area contributed by atoms with Gasteiger partial charge in [0.25, 0.3) is 0 Å². The Morgan fingerprint density at radius 1 is 1.19 bits per heavy atom. The SMILES string of the molecule is COC(=O)c1cccc(OCc2cnc(-c3ccc(OC(F)(F)F)cc3)o2)c1[N+](=O)[O-]. The molecule has 0 aliphatic heterocycles. The number of hydrogen-bond acceptors (Lipinski definition) is 8. The number of nitro groups is 1. The number of esters is 1. The van der Waals surface area contributed by atoms with E-state index in [2.05, 4.69) is 14.5 Å². The molecule has 2 aromatic carbocycles. The number of para-hydroxylation sites is 1. The second-order valence-corrected chi connectivity index (χ2v) is 5.89. The van der Waals surface area contributed by atoms with Gasteiger partial charge in [-0.15, -0.1) is 13.2 Å². The van der Waals surface area contributed by atoms with Crippen LogP contribution < -0.4 is 9.47 Å². The van der Waals surface area contributed by atoms with Crippen molar-refractivity contribution in [3.05, 3.63) is 70.1 Å². The predicted octanol–water partition coefficient (Wildman–Crippen LogP) is 4.51. The molecule has 0 saturated heterocycles. The molecule has 0 atom stereocenters. The second-order valence-electron chi connectivity index (χ2n) is 5.89. The van der Waals surface area contributed by atoms with E-state index < -0.39 is 28.7 Å². The first kappa shape index (κ1) is 21.6. The van der Waals surface area contributed by atoms with E-state index in [1.165, 1.54) is 36.5 Å². The fraction of sp³-hybridized carbons (Fsp3) is 0.158. The summed E-state index contributed by atoms with van der Waals surface area (Å²) in [7, 11) is 1.09. The Kier molecular flexibility index (Phi) is 6.09. The molecule has 0 radical (unpaired) electrons. The summed E-state index contributed by atoms with van der Waals surface area (Å²) in [6, 6.07) is 8.78. The lowest BCUT2D eigenvalue weighted by molar-refractivity contribution is -0.386. The summed E-state index contributed by atoms with van der Waals surface area (Å²) in [5.41, 5.74) is -0.460. The van der Waals surface area contributed by atoms with Crippen molar-refractivity contribution in [3.8, 4) is 23.0 Å². The van der Waals surface area contributed by atoms with Crippen LogP contribution >= 0.6 is 0 Å². The van der Waals surface area contributed by atoms with Gasteiger partial charge in [-0.25, -0.2) is 9.78 Å². The summed E-state index contributed by atoms with van der Waals surface area (Å²) in [6.07, 6.45) is -3.51. The summed E-state index contributed by atoms with van der Waals surface area (Å²) < 4.78 is 55.9. The van der Waals surface area contributed by atoms with Crippen molar-refractivity contribution in [1.82, 2.24) is 4.98 Å². The average molecular weight is 438 g/mol. The van der Waals surface area contributed by atoms with Gasteiger partial charge in [0, 0.05) is 5.56 Å². The Bertz CT molecular complexity index is 1090. The van der Waals surface area contributed by atoms with Gasteiger partial charge >= 0.3 is 18.0 Å². The average Bonchev–Trinajstić information content (AvgIpc) is 3.19. The number of nitrogens with zero attached hydrogens (tertiary/aromatic N) is 2. The number of methoxy groups -OCH3 is 1. The van der Waals surface area contributed by atoms with Gasteiger partial charge in [-0.1, -0.05) is 6.07 Å². The van der Waals surface area contributed by atoms with Gasteiger partial charge < -0.3 is 18.6 Å². The van der Waals surface area contributed by atoms with E-state index in [0.717, 1.165) is 19.2 Å². The van der Waals surface area contributed by atoms with Gasteiger partial charge in [-0.3, -0.25) is 10.1 Å². The zero-order chi connectivity index (χ0) is 22.6. The number of ether oxygens (including phenoxy) is 3. The largest absolute Gasteiger partial charge is 0.573 e. The van der Waals surface area contributed by atoms with Crippen LogP contribution in [0, 0.1) is 10.1 Å². The third kappa shape index (κ3) is 5.29. The van der Waals surface area contributed by atoms with E-state index in [0.29, 0.717) is 5.56 Å². The lowest BCUT2D eigenvalue weighted by Crippen LogP contribution is -2.16. The van der Waals surface area contributed by atoms with Gasteiger partial charge in [0.05, 0.1) is 18.2 Å². The van der Waals surface area contributed by atoms with E-state index in [1.807, 2.05) is 0 Å². The molecule has 1 heterocycles. The molecule has 3 aromatic rings. The highest BCUT2D eigenvalue weighted by Crippen LogP contribution is 2.32. The minimum absolute atomic E-state index is 0.0926. The molecule has 9 nitrogen and oxygen atoms in total. The molecule has 0 amide bonds. The van der Waals surface area contributed by atoms with Crippen LogP contribution in [0.15, 0.2) is 53.1 Å². The Morgan fingerprint density at radius 3 is 2.52 bits per heavy atom. The normalized spacial score (nSPS) is 11.1. The standard InChI is InChI=1S/C19H13F3N2O7/c1-28-18(25)14-3-2-4-15(16(14)24(26)27)29-10-13-9-23-17(30-13)11-5-7-12(8-6-11)31-19(20,21)22/h2-9H,10H2,1H3. The van der Waals surface area contributed by atoms with Gasteiger partial charge in [0.15, 0.2) is 11.5 Å². The molecule has 0 saturated carbocycles. The van der Waals surface area contributed by atoms with Crippen LogP contribution in [0.3, 0.4) is 0 Å². The predicted molar refractivity (Wildman–Crippen MR) is 97.4 cm³/mol. The van der Waals surface area contributed by atoms with Crippen LogP contribution in [0.2, 0.25) is 0 Å². The fourth-order valence-electron chi connectivity index (χ4n) is 2.56. The molecule has 0 aliphatic rings. The van der Waals surface area contributed by atoms with Crippen molar-refractivity contribution in [2.75, 3.05) is 7.11 Å². The van der Waals surface area contributed by atoms with E-state index in [-0.39, 0.29) is 29.6 Å². The zero-order valence-electron chi connectivity index (χ0n) is 15.7. The van der Waals surface area contributed by atoms with Crippen LogP contribution in [-0.4, -0.2) is 29.3 Å². The topological polar surface area (TPSA) is 114 Å². The summed E-state index contributed by atoms with van der Waals surface area (Å²) in [5.74, 6) is -1.20. The summed E-state index contributed by atoms with van der Waals surface area (Å²) in [4.78, 5) is 26.4. The number of halogens is 3. The molecule has 0 N–H and O–H groups in total. The number of aromatic nitrogens is 1. The van der Waals surface area contributed by atoms with Crippen molar-refractivity contribution in [2.45, 2.75) is 13.0 Å². The molecule has 31 heavy (non-hydrogen) atoms. The summed E-state index contributed by atoms with van der Waals surface area (Å²) in [6.45, 7) is -0.256. The Morgan fingerprint density at radius 2 is 1.90 bits per heavy atom. The molecule has 0 bridgehead atoms. The van der Waals surface area contributed by atoms with Crippen LogP contribution in [0.4, 0.5) is 18.9 Å². The van der Waals surface area contributed by atoms with Crippen molar-refractivity contribution in [2.24, 2.45) is 0 Å². The molecule has 0 spiro atoms. The molecule has 1 aromatic heterocycles. The molecule has 162 valence electrons. The Balaban J connectivity index is 1.74. The van der Waals surface area contributed by atoms with Crippen LogP contribution in [-0.2, 0) is 11.3 Å². The zero-order valence-corrected chi connectivity index (χ0v) is 15.7. The quantitative estimate of drug-likeness (QED) is 0.301. The molecule has 0 aliphatic carbocycles. The number of nitro benzene ring substituents is 1. The van der Waals surface area contributed by atoms with Crippen molar-refractivity contribution < 1.29 is 41.5 Å². The van der Waals surface area contributed by atoms with Crippen LogP contribution in [0.5, 0.6) is 11.5 Å². The summed E-state index contributed by atoms with van der Waals surface area (Å²) in [5, 5.41) is 11.4. The second kappa shape index (κ2) is 8.73. The highest BCUT2D eigenvalue weighted by molar-refractivity contribution is 5.95.